The van der Waals surface area contributed by atoms with E-state index >= 15 is 0 Å². The van der Waals surface area contributed by atoms with Crippen molar-refractivity contribution >= 4 is 0 Å². The van der Waals surface area contributed by atoms with Crippen molar-refractivity contribution in [2.45, 2.75) is 179 Å². The summed E-state index contributed by atoms with van der Waals surface area (Å²) in [6.45, 7) is 11.4. The van der Waals surface area contributed by atoms with Gasteiger partial charge in [-0.05, 0) is 98.2 Å². The molecule has 0 aromatic carbocycles. The minimum Gasteiger partial charge on any atom is -0.510 e. The Hall–Kier alpha value is -1.86. The van der Waals surface area contributed by atoms with Crippen LogP contribution in [-0.4, -0.2) is 128 Å². The van der Waals surface area contributed by atoms with Gasteiger partial charge < -0.3 is 74.0 Å². The van der Waals surface area contributed by atoms with Crippen LogP contribution in [-0.2, 0) is 33.2 Å². The highest BCUT2D eigenvalue weighted by Gasteiger charge is 2.69. The van der Waals surface area contributed by atoms with E-state index in [1.54, 1.807) is 6.92 Å². The van der Waals surface area contributed by atoms with Crippen molar-refractivity contribution in [3.8, 4) is 0 Å². The molecule has 0 bridgehead atoms. The van der Waals surface area contributed by atoms with Crippen molar-refractivity contribution in [3.05, 3.63) is 35.0 Å². The molecule has 0 amide bonds. The Kier molecular flexibility index (Phi) is 12.4. The first-order valence-electron chi connectivity index (χ1n) is 22.2. The fourth-order valence-electron chi connectivity index (χ4n) is 12.7. The van der Waals surface area contributed by atoms with E-state index in [9.17, 15) is 40.9 Å². The molecule has 1 spiro atoms. The normalized spacial score (nSPS) is 47.6. The topological polar surface area (TPSA) is 230 Å². The number of allylic oxidation sites excluding steroid dienone is 1. The first-order valence-corrected chi connectivity index (χ1v) is 22.2. The highest BCUT2D eigenvalue weighted by Crippen LogP contribution is 2.70. The quantitative estimate of drug-likeness (QED) is 0.0576. The van der Waals surface area contributed by atoms with Crippen LogP contribution in [0.25, 0.3) is 0 Å². The van der Waals surface area contributed by atoms with E-state index in [0.717, 1.165) is 57.6 Å². The third-order valence-electron chi connectivity index (χ3n) is 16.1. The van der Waals surface area contributed by atoms with Gasteiger partial charge in [-0.15, -0.1) is 0 Å². The Bertz CT molecular complexity index is 1610. The van der Waals surface area contributed by atoms with Crippen LogP contribution in [0.4, 0.5) is 0 Å². The molecule has 15 heteroatoms. The van der Waals surface area contributed by atoms with Crippen molar-refractivity contribution in [1.82, 2.24) is 0 Å². The first-order chi connectivity index (χ1) is 28.0. The second kappa shape index (κ2) is 16.7. The summed E-state index contributed by atoms with van der Waals surface area (Å²) in [6.07, 6.45) is -1.98. The Labute approximate surface area is 346 Å². The van der Waals surface area contributed by atoms with E-state index in [4.69, 9.17) is 33.2 Å². The molecule has 20 atom stereocenters. The van der Waals surface area contributed by atoms with Crippen molar-refractivity contribution in [2.24, 2.45) is 46.3 Å². The predicted molar refractivity (Wildman–Crippen MR) is 208 cm³/mol. The van der Waals surface area contributed by atoms with Crippen molar-refractivity contribution < 1.29 is 74.0 Å². The average molecular weight is 837 g/mol. The number of aliphatic hydroxyl groups is 8. The molecule has 4 aliphatic heterocycles. The molecule has 4 heterocycles. The maximum absolute atomic E-state index is 11.8. The predicted octanol–water partition coefficient (Wildman–Crippen LogP) is 3.38. The molecule has 8 N–H and O–H groups in total. The fourth-order valence-corrected chi connectivity index (χ4v) is 12.7. The van der Waals surface area contributed by atoms with Crippen LogP contribution >= 0.6 is 0 Å². The molecule has 3 saturated carbocycles. The van der Waals surface area contributed by atoms with Crippen LogP contribution in [0.3, 0.4) is 0 Å². The summed E-state index contributed by atoms with van der Waals surface area (Å²) in [5.74, 6) is 0.817. The van der Waals surface area contributed by atoms with Gasteiger partial charge in [0.05, 0.1) is 18.8 Å². The lowest BCUT2D eigenvalue weighted by atomic mass is 9.47. The lowest BCUT2D eigenvalue weighted by Crippen LogP contribution is -2.52. The molecule has 8 rings (SSSR count). The van der Waals surface area contributed by atoms with E-state index in [-0.39, 0.29) is 29.8 Å². The number of aliphatic hydroxyl groups excluding tert-OH is 8. The van der Waals surface area contributed by atoms with Crippen LogP contribution in [0.2, 0.25) is 0 Å². The minimum absolute atomic E-state index is 0.0551. The number of rotatable bonds is 13. The summed E-state index contributed by atoms with van der Waals surface area (Å²) in [5, 5.41) is 85.3. The van der Waals surface area contributed by atoms with E-state index in [1.165, 1.54) is 5.57 Å². The SMILES string of the molecule is CCC(O)/C(O)=C\C(O)O/C(=C(\OC1OC2OC2C(O)C1O)C(O)CCO)C(O)O[C@H]1CC[C@@]2(C)C(=CCC3C4CC5O[C@]6(CC[C@@H](C)CO6)[C@@H](C)C5[C@@]4(C)CCC32)C1. The molecule has 59 heavy (non-hydrogen) atoms. The number of fused-ring (bicyclic) bond motifs is 8. The largest absolute Gasteiger partial charge is 0.510 e. The lowest BCUT2D eigenvalue weighted by Gasteiger charge is -2.58. The second-order valence-corrected chi connectivity index (χ2v) is 19.5. The number of epoxide rings is 1. The molecule has 0 aromatic heterocycles. The summed E-state index contributed by atoms with van der Waals surface area (Å²) in [5.41, 5.74) is 1.42. The number of hydrogen-bond donors (Lipinski definition) is 8. The van der Waals surface area contributed by atoms with Gasteiger partial charge in [0.25, 0.3) is 0 Å². The van der Waals surface area contributed by atoms with Crippen molar-refractivity contribution in [3.63, 3.8) is 0 Å². The van der Waals surface area contributed by atoms with Crippen LogP contribution in [0, 0.1) is 46.3 Å². The zero-order valence-electron chi connectivity index (χ0n) is 35.1. The molecular formula is C44H68O15. The third kappa shape index (κ3) is 7.81. The summed E-state index contributed by atoms with van der Waals surface area (Å²) < 4.78 is 42.2. The molecular weight excluding hydrogens is 768 g/mol. The first kappa shape index (κ1) is 43.8. The maximum atomic E-state index is 11.8. The smallest absolute Gasteiger partial charge is 0.231 e. The number of hydrogen-bond acceptors (Lipinski definition) is 15. The van der Waals surface area contributed by atoms with Gasteiger partial charge in [0.15, 0.2) is 23.6 Å². The van der Waals surface area contributed by atoms with Gasteiger partial charge >= 0.3 is 0 Å². The molecule has 8 aliphatic rings. The zero-order chi connectivity index (χ0) is 42.2. The van der Waals surface area contributed by atoms with Gasteiger partial charge in [0.1, 0.15) is 36.3 Å². The number of ether oxygens (including phenoxy) is 7. The Morgan fingerprint density at radius 3 is 2.46 bits per heavy atom. The van der Waals surface area contributed by atoms with E-state index in [1.807, 2.05) is 0 Å². The molecule has 0 aromatic rings. The molecule has 15 nitrogen and oxygen atoms in total. The Balaban J connectivity index is 1.00. The Morgan fingerprint density at radius 2 is 1.75 bits per heavy atom. The monoisotopic (exact) mass is 836 g/mol. The van der Waals surface area contributed by atoms with E-state index in [2.05, 4.69) is 33.8 Å². The van der Waals surface area contributed by atoms with Crippen LogP contribution in [0.15, 0.2) is 35.0 Å². The van der Waals surface area contributed by atoms with Gasteiger partial charge in [-0.2, -0.15) is 0 Å². The highest BCUT2D eigenvalue weighted by molar-refractivity contribution is 5.27. The average Bonchev–Trinajstić information content (AvgIpc) is 3.85. The van der Waals surface area contributed by atoms with Crippen LogP contribution in [0.1, 0.15) is 105 Å². The molecule has 0 radical (unpaired) electrons. The molecule has 4 saturated heterocycles. The third-order valence-corrected chi connectivity index (χ3v) is 16.1. The fraction of sp³-hybridized carbons (Fsp3) is 0.864. The van der Waals surface area contributed by atoms with Crippen LogP contribution < -0.4 is 0 Å². The summed E-state index contributed by atoms with van der Waals surface area (Å²) in [6, 6.07) is 0. The summed E-state index contributed by atoms with van der Waals surface area (Å²) in [4.78, 5) is 0. The van der Waals surface area contributed by atoms with Crippen LogP contribution in [0.5, 0.6) is 0 Å². The molecule has 334 valence electrons. The zero-order valence-corrected chi connectivity index (χ0v) is 35.1. The lowest BCUT2D eigenvalue weighted by molar-refractivity contribution is -0.272. The molecule has 14 unspecified atom stereocenters. The van der Waals surface area contributed by atoms with Gasteiger partial charge in [0, 0.05) is 31.4 Å². The maximum Gasteiger partial charge on any atom is 0.231 e. The van der Waals surface area contributed by atoms with Crippen molar-refractivity contribution in [1.29, 1.82) is 0 Å². The minimum atomic E-state index is -1.97. The summed E-state index contributed by atoms with van der Waals surface area (Å²) >= 11 is 0. The van der Waals surface area contributed by atoms with Gasteiger partial charge in [-0.3, -0.25) is 0 Å². The molecule has 4 aliphatic carbocycles. The van der Waals surface area contributed by atoms with E-state index in [0.29, 0.717) is 48.3 Å². The van der Waals surface area contributed by atoms with Gasteiger partial charge in [0.2, 0.25) is 18.9 Å². The van der Waals surface area contributed by atoms with Crippen molar-refractivity contribution in [2.75, 3.05) is 13.2 Å². The second-order valence-electron chi connectivity index (χ2n) is 19.5. The van der Waals surface area contributed by atoms with Gasteiger partial charge in [-0.1, -0.05) is 46.3 Å². The molecule has 7 fully saturated rings. The van der Waals surface area contributed by atoms with Gasteiger partial charge in [-0.25, -0.2) is 0 Å². The van der Waals surface area contributed by atoms with E-state index < -0.39 is 91.5 Å². The highest BCUT2D eigenvalue weighted by atomic mass is 16.8. The summed E-state index contributed by atoms with van der Waals surface area (Å²) in [7, 11) is 0. The standard InChI is InChI=1S/C44H68O15/c1-6-28(46)30(48)19-32(49)55-38(36(29(47)12-16-45)56-40-35(51)34(50)37-41(57-37)58-40)39(52)54-24-10-13-42(4)23(17-24)7-8-25-26(42)11-14-43(5)27(25)18-31-33(43)22(3)44(59-31)15-9-21(2)20-53-44/h7,19,21-22,24-29,31-35,37,39-41,45-52H,6,8-18,20H2,1-5H3/b30-19+,38-36-/t21-,22+,24+,25?,26?,27?,28?,29?,31?,32?,33?,34?,35?,37?,39?,40?,41?,42+,43+,44-/m1/s1. The Morgan fingerprint density at radius 1 is 0.966 bits per heavy atom.